The number of nitrogens with one attached hydrogen (secondary N) is 1. The van der Waals surface area contributed by atoms with Gasteiger partial charge in [-0.05, 0) is 20.3 Å². The van der Waals surface area contributed by atoms with Crippen molar-refractivity contribution < 1.29 is 37.3 Å². The molecule has 0 saturated carbocycles. The Morgan fingerprint density at radius 2 is 1.64 bits per heavy atom. The van der Waals surface area contributed by atoms with Crippen LogP contribution in [0.15, 0.2) is 0 Å². The van der Waals surface area contributed by atoms with Gasteiger partial charge in [0, 0.05) is 5.54 Å². The Hall–Kier alpha value is -0.940. The van der Waals surface area contributed by atoms with E-state index in [2.05, 4.69) is 5.32 Å². The summed E-state index contributed by atoms with van der Waals surface area (Å²) in [7, 11) is -3.43. The first-order chi connectivity index (χ1) is 11.7. The minimum Gasteiger partial charge on any atom is -0.465 e. The van der Waals surface area contributed by atoms with Crippen LogP contribution in [0.4, 0.5) is 4.79 Å². The second-order valence-electron chi connectivity index (χ2n) is 6.47. The molecule has 0 aromatic carbocycles. The van der Waals surface area contributed by atoms with E-state index in [-0.39, 0.29) is 31.1 Å². The van der Waals surface area contributed by atoms with Crippen molar-refractivity contribution in [1.82, 2.24) is 5.32 Å². The van der Waals surface area contributed by atoms with Gasteiger partial charge in [0.2, 0.25) is 0 Å². The topological polar surface area (TPSA) is 120 Å². The Kier molecular flexibility index (Phi) is 9.65. The molecule has 1 amide bonds. The van der Waals surface area contributed by atoms with Crippen molar-refractivity contribution in [2.75, 3.05) is 57.8 Å². The maximum atomic E-state index is 12.3. The van der Waals surface area contributed by atoms with Crippen molar-refractivity contribution >= 4 is 15.9 Å². The predicted molar refractivity (Wildman–Crippen MR) is 90.7 cm³/mol. The van der Waals surface area contributed by atoms with Crippen LogP contribution in [-0.4, -0.2) is 89.0 Å². The van der Waals surface area contributed by atoms with E-state index in [1.165, 1.54) is 0 Å². The summed E-state index contributed by atoms with van der Waals surface area (Å²) in [6, 6.07) is 0. The molecule has 10 heteroatoms. The third-order valence-electron chi connectivity index (χ3n) is 3.55. The molecule has 1 rings (SSSR count). The average molecular weight is 383 g/mol. The van der Waals surface area contributed by atoms with Gasteiger partial charge in [0.25, 0.3) is 0 Å². The minimum absolute atomic E-state index is 0.139. The van der Waals surface area contributed by atoms with Crippen molar-refractivity contribution in [3.05, 3.63) is 0 Å². The van der Waals surface area contributed by atoms with Crippen molar-refractivity contribution in [3.8, 4) is 0 Å². The van der Waals surface area contributed by atoms with E-state index in [9.17, 15) is 13.2 Å². The fraction of sp³-hybridized carbons (Fsp3) is 0.933. The molecule has 0 radical (unpaired) electrons. The van der Waals surface area contributed by atoms with Gasteiger partial charge in [0.1, 0.15) is 0 Å². The number of sulfone groups is 1. The molecule has 1 aliphatic rings. The van der Waals surface area contributed by atoms with Crippen molar-refractivity contribution in [2.24, 2.45) is 0 Å². The smallest absolute Gasteiger partial charge is 0.405 e. The molecule has 0 bridgehead atoms. The molecule has 1 fully saturated rings. The number of carboxylic acid groups (broad SMARTS) is 1. The molecule has 148 valence electrons. The van der Waals surface area contributed by atoms with Gasteiger partial charge in [-0.2, -0.15) is 0 Å². The van der Waals surface area contributed by atoms with Crippen LogP contribution in [-0.2, 0) is 28.8 Å². The van der Waals surface area contributed by atoms with Crippen molar-refractivity contribution in [3.63, 3.8) is 0 Å². The predicted octanol–water partition coefficient (Wildman–Crippen LogP) is 0.286. The number of rotatable bonds is 6. The van der Waals surface area contributed by atoms with E-state index < -0.39 is 27.6 Å². The van der Waals surface area contributed by atoms with Crippen molar-refractivity contribution in [2.45, 2.75) is 31.9 Å². The fourth-order valence-corrected chi connectivity index (χ4v) is 3.95. The molecule has 1 aliphatic heterocycles. The Balaban J connectivity index is 2.51. The first-order valence-electron chi connectivity index (χ1n) is 8.26. The van der Waals surface area contributed by atoms with E-state index in [0.717, 1.165) is 0 Å². The number of hydrogen-bond acceptors (Lipinski definition) is 7. The Morgan fingerprint density at radius 1 is 1.08 bits per heavy atom. The Morgan fingerprint density at radius 3 is 2.24 bits per heavy atom. The lowest BCUT2D eigenvalue weighted by Crippen LogP contribution is -2.44. The van der Waals surface area contributed by atoms with Crippen LogP contribution in [0.2, 0.25) is 0 Å². The van der Waals surface area contributed by atoms with E-state index in [1.54, 1.807) is 13.8 Å². The first kappa shape index (κ1) is 22.1. The number of hydrogen-bond donors (Lipinski definition) is 2. The monoisotopic (exact) mass is 383 g/mol. The van der Waals surface area contributed by atoms with Crippen LogP contribution >= 0.6 is 0 Å². The van der Waals surface area contributed by atoms with Gasteiger partial charge in [0.15, 0.2) is 9.84 Å². The molecular formula is C15H29NO8S. The highest BCUT2D eigenvalue weighted by molar-refractivity contribution is 7.91. The number of amides is 1. The lowest BCUT2D eigenvalue weighted by Gasteiger charge is -2.25. The van der Waals surface area contributed by atoms with Crippen LogP contribution in [0, 0.1) is 0 Å². The molecule has 25 heavy (non-hydrogen) atoms. The van der Waals surface area contributed by atoms with E-state index in [4.69, 9.17) is 24.1 Å². The van der Waals surface area contributed by atoms with Crippen LogP contribution in [0.5, 0.6) is 0 Å². The van der Waals surface area contributed by atoms with Crippen LogP contribution in [0.1, 0.15) is 20.3 Å². The van der Waals surface area contributed by atoms with Gasteiger partial charge in [0.05, 0.1) is 63.9 Å². The average Bonchev–Trinajstić information content (AvgIpc) is 2.47. The second-order valence-corrected chi connectivity index (χ2v) is 8.70. The van der Waals surface area contributed by atoms with Gasteiger partial charge in [-0.3, -0.25) is 0 Å². The summed E-state index contributed by atoms with van der Waals surface area (Å²) in [4.78, 5) is 10.7. The van der Waals surface area contributed by atoms with Crippen LogP contribution in [0.25, 0.3) is 0 Å². The highest BCUT2D eigenvalue weighted by Crippen LogP contribution is 2.12. The molecule has 0 spiro atoms. The molecular weight excluding hydrogens is 354 g/mol. The minimum atomic E-state index is -3.43. The highest BCUT2D eigenvalue weighted by atomic mass is 32.2. The number of ether oxygens (including phenoxy) is 4. The molecule has 1 atom stereocenters. The molecule has 9 nitrogen and oxygen atoms in total. The zero-order chi connectivity index (χ0) is 18.8. The SMILES string of the molecule is CC(C)(CCS(=O)(=O)CC1COCCOCCOCCO1)NC(=O)O. The summed E-state index contributed by atoms with van der Waals surface area (Å²) >= 11 is 0. The van der Waals surface area contributed by atoms with Gasteiger partial charge >= 0.3 is 6.09 Å². The fourth-order valence-electron chi connectivity index (χ4n) is 2.20. The summed E-state index contributed by atoms with van der Waals surface area (Å²) in [5.74, 6) is -0.323. The standard InChI is InChI=1S/C15H29NO8S/c1-15(2,16-14(17)18)3-10-25(19,20)12-13-11-23-7-6-21-4-5-22-8-9-24-13/h13,16H,3-12H2,1-2H3,(H,17,18). The summed E-state index contributed by atoms with van der Waals surface area (Å²) in [5, 5.41) is 11.1. The van der Waals surface area contributed by atoms with Gasteiger partial charge in [-0.15, -0.1) is 0 Å². The molecule has 0 aromatic rings. The summed E-state index contributed by atoms with van der Waals surface area (Å²) in [6.45, 7) is 5.78. The van der Waals surface area contributed by atoms with Crippen LogP contribution < -0.4 is 5.32 Å². The molecule has 1 saturated heterocycles. The van der Waals surface area contributed by atoms with E-state index in [1.807, 2.05) is 0 Å². The summed E-state index contributed by atoms with van der Waals surface area (Å²) in [6.07, 6.45) is -1.60. The third-order valence-corrected chi connectivity index (χ3v) is 5.26. The largest absolute Gasteiger partial charge is 0.465 e. The molecule has 0 aliphatic carbocycles. The quantitative estimate of drug-likeness (QED) is 0.671. The lowest BCUT2D eigenvalue weighted by atomic mass is 10.0. The zero-order valence-corrected chi connectivity index (χ0v) is 15.7. The summed E-state index contributed by atoms with van der Waals surface area (Å²) < 4.78 is 46.3. The highest BCUT2D eigenvalue weighted by Gasteiger charge is 2.26. The summed E-state index contributed by atoms with van der Waals surface area (Å²) in [5.41, 5.74) is -0.825. The number of carbonyl (C=O) groups is 1. The molecule has 1 heterocycles. The first-order valence-corrected chi connectivity index (χ1v) is 10.1. The van der Waals surface area contributed by atoms with Crippen molar-refractivity contribution in [1.29, 1.82) is 0 Å². The maximum absolute atomic E-state index is 12.3. The molecule has 2 N–H and O–H groups in total. The Labute approximate surface area is 148 Å². The second kappa shape index (κ2) is 10.9. The zero-order valence-electron chi connectivity index (χ0n) is 14.9. The molecule has 1 unspecified atom stereocenters. The van der Waals surface area contributed by atoms with E-state index in [0.29, 0.717) is 33.0 Å². The van der Waals surface area contributed by atoms with Gasteiger partial charge in [-0.25, -0.2) is 13.2 Å². The maximum Gasteiger partial charge on any atom is 0.405 e. The van der Waals surface area contributed by atoms with Crippen LogP contribution in [0.3, 0.4) is 0 Å². The van der Waals surface area contributed by atoms with E-state index >= 15 is 0 Å². The Bertz CT molecular complexity index is 482. The van der Waals surface area contributed by atoms with Gasteiger partial charge < -0.3 is 29.4 Å². The lowest BCUT2D eigenvalue weighted by molar-refractivity contribution is -0.0597. The van der Waals surface area contributed by atoms with Gasteiger partial charge in [-0.1, -0.05) is 0 Å². The molecule has 0 aromatic heterocycles. The third kappa shape index (κ3) is 11.3. The normalized spacial score (nSPS) is 21.8.